The fourth-order valence-electron chi connectivity index (χ4n) is 3.84. The van der Waals surface area contributed by atoms with Crippen molar-refractivity contribution in [2.24, 2.45) is 5.92 Å². The molecule has 2 aromatic carbocycles. The van der Waals surface area contributed by atoms with E-state index in [0.717, 1.165) is 23.2 Å². The number of benzene rings is 2. The van der Waals surface area contributed by atoms with E-state index in [-0.39, 0.29) is 11.8 Å². The minimum absolute atomic E-state index is 0.000552. The summed E-state index contributed by atoms with van der Waals surface area (Å²) in [5, 5.41) is 3.01. The fraction of sp³-hybridized carbons (Fsp3) is 0.458. The van der Waals surface area contributed by atoms with Crippen molar-refractivity contribution in [3.05, 3.63) is 64.7 Å². The summed E-state index contributed by atoms with van der Waals surface area (Å²) in [4.78, 5) is 15.1. The molecule has 6 nitrogen and oxygen atoms in total. The lowest BCUT2D eigenvalue weighted by Crippen LogP contribution is -2.42. The van der Waals surface area contributed by atoms with Crippen LogP contribution in [0.4, 0.5) is 0 Å². The Kier molecular flexibility index (Phi) is 7.51. The summed E-state index contributed by atoms with van der Waals surface area (Å²) in [6.45, 7) is 5.99. The van der Waals surface area contributed by atoms with Crippen molar-refractivity contribution >= 4 is 15.9 Å². The van der Waals surface area contributed by atoms with E-state index in [1.807, 2.05) is 46.1 Å². The van der Waals surface area contributed by atoms with E-state index in [1.54, 1.807) is 12.1 Å². The Morgan fingerprint density at radius 3 is 2.19 bits per heavy atom. The van der Waals surface area contributed by atoms with Gasteiger partial charge in [0.05, 0.1) is 4.90 Å². The van der Waals surface area contributed by atoms with Crippen molar-refractivity contribution in [2.45, 2.75) is 44.7 Å². The Morgan fingerprint density at radius 2 is 1.61 bits per heavy atom. The van der Waals surface area contributed by atoms with Crippen LogP contribution in [-0.4, -0.2) is 50.7 Å². The molecule has 1 fully saturated rings. The number of carbonyl (C=O) groups excluding carboxylic acids is 1. The van der Waals surface area contributed by atoms with E-state index >= 15 is 0 Å². The first-order chi connectivity index (χ1) is 14.7. The van der Waals surface area contributed by atoms with Gasteiger partial charge in [-0.3, -0.25) is 4.79 Å². The maximum Gasteiger partial charge on any atom is 0.243 e. The van der Waals surface area contributed by atoms with Gasteiger partial charge in [-0.2, -0.15) is 4.31 Å². The highest BCUT2D eigenvalue weighted by molar-refractivity contribution is 7.89. The van der Waals surface area contributed by atoms with Gasteiger partial charge in [-0.15, -0.1) is 0 Å². The summed E-state index contributed by atoms with van der Waals surface area (Å²) in [5.41, 5.74) is 4.33. The lowest BCUT2D eigenvalue weighted by molar-refractivity contribution is -0.126. The molecular weight excluding hydrogens is 410 g/mol. The summed E-state index contributed by atoms with van der Waals surface area (Å²) in [6.07, 6.45) is 1.08. The summed E-state index contributed by atoms with van der Waals surface area (Å²) in [5.74, 6) is -0.153. The SMILES string of the molecule is Cc1ccc(S(=O)(=O)N2CCC(C(=O)NCc3ccc(CN(C)C)cc3)CC2)cc1C. The predicted molar refractivity (Wildman–Crippen MR) is 123 cm³/mol. The standard InChI is InChI=1S/C24H33N3O3S/c1-18-5-10-23(15-19(18)2)31(29,30)27-13-11-22(12-14-27)24(28)25-16-20-6-8-21(9-7-20)17-26(3)4/h5-10,15,22H,11-14,16-17H2,1-4H3,(H,25,28). The van der Waals surface area contributed by atoms with Gasteiger partial charge in [-0.05, 0) is 75.2 Å². The summed E-state index contributed by atoms with van der Waals surface area (Å²) in [7, 11) is 0.548. The van der Waals surface area contributed by atoms with Crippen molar-refractivity contribution in [1.82, 2.24) is 14.5 Å². The van der Waals surface area contributed by atoms with Crippen LogP contribution < -0.4 is 5.32 Å². The number of amides is 1. The van der Waals surface area contributed by atoms with E-state index in [2.05, 4.69) is 22.3 Å². The molecule has 0 bridgehead atoms. The number of rotatable bonds is 7. The quantitative estimate of drug-likeness (QED) is 0.714. The molecule has 168 valence electrons. The zero-order valence-corrected chi connectivity index (χ0v) is 19.7. The largest absolute Gasteiger partial charge is 0.352 e. The molecule has 0 saturated carbocycles. The number of hydrogen-bond acceptors (Lipinski definition) is 4. The molecular formula is C24H33N3O3S. The van der Waals surface area contributed by atoms with Gasteiger partial charge in [0.2, 0.25) is 15.9 Å². The van der Waals surface area contributed by atoms with Gasteiger partial charge in [-0.1, -0.05) is 30.3 Å². The molecule has 0 radical (unpaired) electrons. The van der Waals surface area contributed by atoms with Crippen molar-refractivity contribution in [2.75, 3.05) is 27.2 Å². The van der Waals surface area contributed by atoms with Crippen LogP contribution in [-0.2, 0) is 27.9 Å². The van der Waals surface area contributed by atoms with Crippen LogP contribution in [0.2, 0.25) is 0 Å². The summed E-state index contributed by atoms with van der Waals surface area (Å²) in [6, 6.07) is 13.5. The number of carbonyl (C=O) groups is 1. The monoisotopic (exact) mass is 443 g/mol. The first-order valence-corrected chi connectivity index (χ1v) is 12.2. The second-order valence-electron chi connectivity index (χ2n) is 8.70. The normalized spacial score (nSPS) is 15.9. The third-order valence-electron chi connectivity index (χ3n) is 5.93. The zero-order chi connectivity index (χ0) is 22.6. The van der Waals surface area contributed by atoms with Crippen molar-refractivity contribution < 1.29 is 13.2 Å². The number of nitrogens with zero attached hydrogens (tertiary/aromatic N) is 2. The van der Waals surface area contributed by atoms with Gasteiger partial charge < -0.3 is 10.2 Å². The van der Waals surface area contributed by atoms with Crippen molar-refractivity contribution in [3.63, 3.8) is 0 Å². The third-order valence-corrected chi connectivity index (χ3v) is 7.82. The molecule has 31 heavy (non-hydrogen) atoms. The highest BCUT2D eigenvalue weighted by atomic mass is 32.2. The summed E-state index contributed by atoms with van der Waals surface area (Å²) >= 11 is 0. The van der Waals surface area contributed by atoms with Crippen molar-refractivity contribution in [1.29, 1.82) is 0 Å². The zero-order valence-electron chi connectivity index (χ0n) is 18.9. The van der Waals surface area contributed by atoms with Gasteiger partial charge in [0, 0.05) is 32.1 Å². The molecule has 7 heteroatoms. The van der Waals surface area contributed by atoms with Crippen LogP contribution in [0.15, 0.2) is 47.4 Å². The minimum atomic E-state index is -3.52. The molecule has 3 rings (SSSR count). The smallest absolute Gasteiger partial charge is 0.243 e. The highest BCUT2D eigenvalue weighted by Gasteiger charge is 2.32. The predicted octanol–water partition coefficient (Wildman–Crippen LogP) is 3.08. The second-order valence-corrected chi connectivity index (χ2v) is 10.6. The molecule has 0 unspecified atom stereocenters. The summed E-state index contributed by atoms with van der Waals surface area (Å²) < 4.78 is 27.4. The number of nitrogens with one attached hydrogen (secondary N) is 1. The molecule has 1 saturated heterocycles. The average Bonchev–Trinajstić information content (AvgIpc) is 2.74. The van der Waals surface area contributed by atoms with E-state index in [4.69, 9.17) is 0 Å². The van der Waals surface area contributed by atoms with Crippen LogP contribution in [0.25, 0.3) is 0 Å². The van der Waals surface area contributed by atoms with E-state index in [0.29, 0.717) is 37.4 Å². The van der Waals surface area contributed by atoms with Crippen LogP contribution >= 0.6 is 0 Å². The van der Waals surface area contributed by atoms with Crippen LogP contribution in [0.1, 0.15) is 35.1 Å². The molecule has 1 N–H and O–H groups in total. The highest BCUT2D eigenvalue weighted by Crippen LogP contribution is 2.25. The van der Waals surface area contributed by atoms with Gasteiger partial charge in [0.25, 0.3) is 0 Å². The Bertz CT molecular complexity index is 1010. The van der Waals surface area contributed by atoms with E-state index in [1.165, 1.54) is 9.87 Å². The number of aryl methyl sites for hydroxylation is 2. The van der Waals surface area contributed by atoms with Crippen LogP contribution in [0.3, 0.4) is 0 Å². The second kappa shape index (κ2) is 9.94. The van der Waals surface area contributed by atoms with Gasteiger partial charge >= 0.3 is 0 Å². The Hall–Kier alpha value is -2.22. The fourth-order valence-corrected chi connectivity index (χ4v) is 5.40. The van der Waals surface area contributed by atoms with E-state index < -0.39 is 10.0 Å². The molecule has 1 aliphatic heterocycles. The van der Waals surface area contributed by atoms with Gasteiger partial charge in [0.1, 0.15) is 0 Å². The van der Waals surface area contributed by atoms with Crippen molar-refractivity contribution in [3.8, 4) is 0 Å². The molecule has 2 aromatic rings. The molecule has 0 aliphatic carbocycles. The number of piperidine rings is 1. The first-order valence-electron chi connectivity index (χ1n) is 10.7. The Balaban J connectivity index is 1.52. The van der Waals surface area contributed by atoms with Crippen LogP contribution in [0, 0.1) is 19.8 Å². The Morgan fingerprint density at radius 1 is 1.00 bits per heavy atom. The number of sulfonamides is 1. The maximum atomic E-state index is 13.0. The van der Waals surface area contributed by atoms with Gasteiger partial charge in [0.15, 0.2) is 0 Å². The lowest BCUT2D eigenvalue weighted by Gasteiger charge is -2.30. The minimum Gasteiger partial charge on any atom is -0.352 e. The lowest BCUT2D eigenvalue weighted by atomic mass is 9.97. The molecule has 0 atom stereocenters. The van der Waals surface area contributed by atoms with Gasteiger partial charge in [-0.25, -0.2) is 8.42 Å². The van der Waals surface area contributed by atoms with Crippen LogP contribution in [0.5, 0.6) is 0 Å². The molecule has 0 aromatic heterocycles. The maximum absolute atomic E-state index is 13.0. The Labute approximate surface area is 186 Å². The average molecular weight is 444 g/mol. The van der Waals surface area contributed by atoms with E-state index in [9.17, 15) is 13.2 Å². The third kappa shape index (κ3) is 5.93. The molecule has 1 aliphatic rings. The first kappa shape index (κ1) is 23.4. The topological polar surface area (TPSA) is 69.7 Å². The number of hydrogen-bond donors (Lipinski definition) is 1. The molecule has 0 spiro atoms. The molecule has 1 amide bonds. The molecule has 1 heterocycles.